The number of carbonyl (C=O) groups is 1. The molecule has 112 valence electrons. The highest BCUT2D eigenvalue weighted by Crippen LogP contribution is 2.20. The van der Waals surface area contributed by atoms with E-state index in [1.165, 1.54) is 12.1 Å². The third-order valence-corrected chi connectivity index (χ3v) is 2.78. The second-order valence-corrected chi connectivity index (χ2v) is 4.51. The lowest BCUT2D eigenvalue weighted by atomic mass is 10.1. The number of benzene rings is 1. The summed E-state index contributed by atoms with van der Waals surface area (Å²) in [5.41, 5.74) is 0.457. The molecule has 0 radical (unpaired) electrons. The maximum absolute atomic E-state index is 13.8. The molecule has 0 saturated heterocycles. The molecule has 1 aromatic heterocycles. The van der Waals surface area contributed by atoms with Gasteiger partial charge in [0.05, 0.1) is 17.8 Å². The van der Waals surface area contributed by atoms with Crippen molar-refractivity contribution < 1.29 is 13.7 Å². The van der Waals surface area contributed by atoms with E-state index >= 15 is 0 Å². The van der Waals surface area contributed by atoms with E-state index in [-0.39, 0.29) is 17.8 Å². The Morgan fingerprint density at radius 1 is 1.43 bits per heavy atom. The van der Waals surface area contributed by atoms with Crippen LogP contribution in [0.3, 0.4) is 0 Å². The van der Waals surface area contributed by atoms with E-state index in [9.17, 15) is 9.18 Å². The number of anilines is 1. The van der Waals surface area contributed by atoms with E-state index in [0.717, 1.165) is 6.42 Å². The third kappa shape index (κ3) is 3.77. The van der Waals surface area contributed by atoms with E-state index in [1.54, 1.807) is 13.0 Å². The molecule has 0 unspecified atom stereocenters. The van der Waals surface area contributed by atoms with Gasteiger partial charge in [0.15, 0.2) is 5.82 Å². The van der Waals surface area contributed by atoms with Crippen LogP contribution in [0.4, 0.5) is 10.1 Å². The smallest absolute Gasteiger partial charge is 0.253 e. The van der Waals surface area contributed by atoms with Crippen LogP contribution in [0.25, 0.3) is 0 Å². The van der Waals surface area contributed by atoms with Gasteiger partial charge in [0.25, 0.3) is 5.91 Å². The Morgan fingerprint density at radius 2 is 2.24 bits per heavy atom. The van der Waals surface area contributed by atoms with E-state index < -0.39 is 11.7 Å². The first-order valence-corrected chi connectivity index (χ1v) is 6.71. The minimum absolute atomic E-state index is 0.101. The minimum Gasteiger partial charge on any atom is -0.382 e. The van der Waals surface area contributed by atoms with Gasteiger partial charge in [0.2, 0.25) is 5.89 Å². The maximum atomic E-state index is 13.8. The van der Waals surface area contributed by atoms with Gasteiger partial charge in [-0.15, -0.1) is 0 Å². The van der Waals surface area contributed by atoms with Gasteiger partial charge in [0, 0.05) is 6.54 Å². The minimum atomic E-state index is -0.454. The molecule has 2 rings (SSSR count). The fourth-order valence-corrected chi connectivity index (χ4v) is 1.81. The Balaban J connectivity index is 2.09. The molecule has 1 amide bonds. The van der Waals surface area contributed by atoms with Crippen molar-refractivity contribution in [2.24, 2.45) is 0 Å². The first-order chi connectivity index (χ1) is 10.1. The molecule has 0 bridgehead atoms. The largest absolute Gasteiger partial charge is 0.382 e. The summed E-state index contributed by atoms with van der Waals surface area (Å²) < 4.78 is 18.7. The number of aryl methyl sites for hydroxylation is 1. The number of amides is 1. The number of aromatic nitrogens is 2. The second kappa shape index (κ2) is 6.83. The van der Waals surface area contributed by atoms with Crippen molar-refractivity contribution in [1.82, 2.24) is 15.5 Å². The predicted octanol–water partition coefficient (Wildman–Crippen LogP) is 2.27. The second-order valence-electron chi connectivity index (χ2n) is 4.51. The Bertz CT molecular complexity index is 627. The highest BCUT2D eigenvalue weighted by molar-refractivity contribution is 5.99. The van der Waals surface area contributed by atoms with Crippen molar-refractivity contribution in [3.8, 4) is 0 Å². The summed E-state index contributed by atoms with van der Waals surface area (Å²) in [7, 11) is 0. The summed E-state index contributed by atoms with van der Waals surface area (Å²) in [5.74, 6) is -0.0516. The van der Waals surface area contributed by atoms with Crippen molar-refractivity contribution in [2.45, 2.75) is 26.8 Å². The van der Waals surface area contributed by atoms with Crippen LogP contribution in [0.1, 0.15) is 35.4 Å². The van der Waals surface area contributed by atoms with Gasteiger partial charge >= 0.3 is 0 Å². The Morgan fingerprint density at radius 3 is 2.90 bits per heavy atom. The molecule has 6 nitrogen and oxygen atoms in total. The summed E-state index contributed by atoms with van der Waals surface area (Å²) in [6, 6.07) is 4.38. The van der Waals surface area contributed by atoms with Crippen molar-refractivity contribution in [3.63, 3.8) is 0 Å². The molecule has 0 spiro atoms. The van der Waals surface area contributed by atoms with Gasteiger partial charge in [-0.1, -0.05) is 18.1 Å². The molecule has 2 aromatic rings. The summed E-state index contributed by atoms with van der Waals surface area (Å²) in [5, 5.41) is 9.19. The zero-order chi connectivity index (χ0) is 15.2. The molecule has 7 heteroatoms. The molecular weight excluding hydrogens is 275 g/mol. The van der Waals surface area contributed by atoms with Crippen molar-refractivity contribution in [1.29, 1.82) is 0 Å². The van der Waals surface area contributed by atoms with Crippen molar-refractivity contribution >= 4 is 11.6 Å². The average Bonchev–Trinajstić information content (AvgIpc) is 2.89. The number of hydrogen-bond donors (Lipinski definition) is 2. The summed E-state index contributed by atoms with van der Waals surface area (Å²) in [6.45, 7) is 4.34. The Labute approximate surface area is 121 Å². The van der Waals surface area contributed by atoms with Gasteiger partial charge in [-0.3, -0.25) is 4.79 Å². The third-order valence-electron chi connectivity index (χ3n) is 2.78. The van der Waals surface area contributed by atoms with Crippen LogP contribution in [0.15, 0.2) is 22.7 Å². The zero-order valence-corrected chi connectivity index (χ0v) is 11.9. The SMILES string of the molecule is CCCNc1c(F)cccc1C(=O)NCc1nc(C)no1. The number of para-hydroxylation sites is 1. The number of nitrogens with zero attached hydrogens (tertiary/aromatic N) is 2. The van der Waals surface area contributed by atoms with Crippen molar-refractivity contribution in [3.05, 3.63) is 41.3 Å². The number of halogens is 1. The fraction of sp³-hybridized carbons (Fsp3) is 0.357. The van der Waals surface area contributed by atoms with Crippen LogP contribution in [-0.4, -0.2) is 22.6 Å². The lowest BCUT2D eigenvalue weighted by molar-refractivity contribution is 0.0946. The number of rotatable bonds is 6. The van der Waals surface area contributed by atoms with Gasteiger partial charge in [-0.2, -0.15) is 4.98 Å². The van der Waals surface area contributed by atoms with E-state index in [0.29, 0.717) is 18.3 Å². The van der Waals surface area contributed by atoms with Crippen LogP contribution < -0.4 is 10.6 Å². The van der Waals surface area contributed by atoms with Gasteiger partial charge < -0.3 is 15.2 Å². The Hall–Kier alpha value is -2.44. The van der Waals surface area contributed by atoms with E-state index in [2.05, 4.69) is 20.8 Å². The highest BCUT2D eigenvalue weighted by atomic mass is 19.1. The quantitative estimate of drug-likeness (QED) is 0.853. The standard InChI is InChI=1S/C14H17FN4O2/c1-3-7-16-13-10(5-4-6-11(13)15)14(20)17-8-12-18-9(2)19-21-12/h4-6,16H,3,7-8H2,1-2H3,(H,17,20). The molecular formula is C14H17FN4O2. The van der Waals surface area contributed by atoms with E-state index in [1.807, 2.05) is 6.92 Å². The molecule has 1 aromatic carbocycles. The molecule has 0 fully saturated rings. The molecule has 21 heavy (non-hydrogen) atoms. The van der Waals surface area contributed by atoms with Gasteiger partial charge in [-0.05, 0) is 25.5 Å². The van der Waals surface area contributed by atoms with Crippen LogP contribution in [0, 0.1) is 12.7 Å². The highest BCUT2D eigenvalue weighted by Gasteiger charge is 2.15. The molecule has 2 N–H and O–H groups in total. The summed E-state index contributed by atoms with van der Waals surface area (Å²) in [6.07, 6.45) is 0.830. The summed E-state index contributed by atoms with van der Waals surface area (Å²) >= 11 is 0. The first-order valence-electron chi connectivity index (χ1n) is 6.71. The molecule has 0 atom stereocenters. The number of nitrogens with one attached hydrogen (secondary N) is 2. The van der Waals surface area contributed by atoms with Crippen LogP contribution in [-0.2, 0) is 6.54 Å². The monoisotopic (exact) mass is 292 g/mol. The molecule has 0 aliphatic rings. The normalized spacial score (nSPS) is 10.4. The predicted molar refractivity (Wildman–Crippen MR) is 75.4 cm³/mol. The van der Waals surface area contributed by atoms with Crippen LogP contribution >= 0.6 is 0 Å². The maximum Gasteiger partial charge on any atom is 0.253 e. The van der Waals surface area contributed by atoms with Crippen molar-refractivity contribution in [2.75, 3.05) is 11.9 Å². The van der Waals surface area contributed by atoms with Crippen LogP contribution in [0.2, 0.25) is 0 Å². The summed E-state index contributed by atoms with van der Waals surface area (Å²) in [4.78, 5) is 16.1. The molecule has 0 saturated carbocycles. The molecule has 0 aliphatic carbocycles. The Kier molecular flexibility index (Phi) is 4.86. The number of hydrogen-bond acceptors (Lipinski definition) is 5. The fourth-order valence-electron chi connectivity index (χ4n) is 1.81. The lowest BCUT2D eigenvalue weighted by Gasteiger charge is -2.12. The molecule has 0 aliphatic heterocycles. The lowest BCUT2D eigenvalue weighted by Crippen LogP contribution is -2.24. The molecule has 1 heterocycles. The topological polar surface area (TPSA) is 80.0 Å². The average molecular weight is 292 g/mol. The number of carbonyl (C=O) groups excluding carboxylic acids is 1. The zero-order valence-electron chi connectivity index (χ0n) is 11.9. The van der Waals surface area contributed by atoms with E-state index in [4.69, 9.17) is 4.52 Å². The van der Waals surface area contributed by atoms with Gasteiger partial charge in [0.1, 0.15) is 5.82 Å². The van der Waals surface area contributed by atoms with Crippen LogP contribution in [0.5, 0.6) is 0 Å². The van der Waals surface area contributed by atoms with Gasteiger partial charge in [-0.25, -0.2) is 4.39 Å². The first kappa shape index (κ1) is 15.0.